The number of likely N-dealkylation sites (tertiary alicyclic amines) is 1. The summed E-state index contributed by atoms with van der Waals surface area (Å²) in [5.41, 5.74) is 1.05. The zero-order valence-electron chi connectivity index (χ0n) is 14.2. The van der Waals surface area contributed by atoms with Gasteiger partial charge in [-0.2, -0.15) is 0 Å². The van der Waals surface area contributed by atoms with Gasteiger partial charge in [-0.1, -0.05) is 29.8 Å². The lowest BCUT2D eigenvalue weighted by Crippen LogP contribution is -2.71. The molecule has 2 bridgehead atoms. The highest BCUT2D eigenvalue weighted by Gasteiger charge is 2.75. The summed E-state index contributed by atoms with van der Waals surface area (Å²) in [6, 6.07) is 7.60. The molecule has 6 nitrogen and oxygen atoms in total. The van der Waals surface area contributed by atoms with Gasteiger partial charge in [-0.05, 0) is 38.2 Å². The van der Waals surface area contributed by atoms with Gasteiger partial charge in [0.1, 0.15) is 6.04 Å². The van der Waals surface area contributed by atoms with Gasteiger partial charge in [-0.15, -0.1) is 0 Å². The standard InChI is InChI=1S/C19H22N2O4/c1-12-2-4-13(5-3-12)8-21-7-6-14(15(21)22)20-16(23)18-9-19(10-18,11-18)17(24)25/h2-5,14H,6-11H2,1H3,(H,20,23)(H,24,25). The first-order valence-corrected chi connectivity index (χ1v) is 8.72. The van der Waals surface area contributed by atoms with Crippen LogP contribution < -0.4 is 5.32 Å². The van der Waals surface area contributed by atoms with Crippen LogP contribution in [0.5, 0.6) is 0 Å². The van der Waals surface area contributed by atoms with Gasteiger partial charge in [0.25, 0.3) is 0 Å². The van der Waals surface area contributed by atoms with Crippen molar-refractivity contribution in [2.45, 2.75) is 45.2 Å². The number of carboxylic acids is 1. The molecule has 1 saturated heterocycles. The summed E-state index contributed by atoms with van der Waals surface area (Å²) in [5.74, 6) is -0.997. The molecule has 1 heterocycles. The number of carbonyl (C=O) groups excluding carboxylic acids is 2. The minimum Gasteiger partial charge on any atom is -0.481 e. The molecule has 1 atom stereocenters. The molecule has 0 aromatic heterocycles. The normalized spacial score (nSPS) is 32.8. The SMILES string of the molecule is Cc1ccc(CN2CCC(NC(=O)C34CC(C(=O)O)(C3)C4)C2=O)cc1. The fourth-order valence-electron chi connectivity index (χ4n) is 4.51. The average molecular weight is 342 g/mol. The quantitative estimate of drug-likeness (QED) is 0.848. The van der Waals surface area contributed by atoms with Crippen molar-refractivity contribution in [3.8, 4) is 0 Å². The highest BCUT2D eigenvalue weighted by atomic mass is 16.4. The van der Waals surface area contributed by atoms with Crippen molar-refractivity contribution in [1.29, 1.82) is 0 Å². The fourth-order valence-corrected chi connectivity index (χ4v) is 4.51. The minimum absolute atomic E-state index is 0.0477. The van der Waals surface area contributed by atoms with E-state index in [0.717, 1.165) is 5.56 Å². The van der Waals surface area contributed by atoms with Gasteiger partial charge in [0.15, 0.2) is 0 Å². The lowest BCUT2D eigenvalue weighted by molar-refractivity contribution is -0.220. The third-order valence-corrected chi connectivity index (χ3v) is 6.06. The molecule has 132 valence electrons. The Morgan fingerprint density at radius 3 is 2.44 bits per heavy atom. The Morgan fingerprint density at radius 2 is 1.84 bits per heavy atom. The Balaban J connectivity index is 1.33. The topological polar surface area (TPSA) is 86.7 Å². The van der Waals surface area contributed by atoms with E-state index in [9.17, 15) is 14.4 Å². The van der Waals surface area contributed by atoms with E-state index < -0.39 is 22.8 Å². The predicted molar refractivity (Wildman–Crippen MR) is 89.5 cm³/mol. The first-order chi connectivity index (χ1) is 11.8. The second-order valence-electron chi connectivity index (χ2n) is 7.96. The maximum absolute atomic E-state index is 12.5. The third-order valence-electron chi connectivity index (χ3n) is 6.06. The van der Waals surface area contributed by atoms with Crippen LogP contribution in [-0.2, 0) is 20.9 Å². The number of hydrogen-bond donors (Lipinski definition) is 2. The van der Waals surface area contributed by atoms with E-state index in [0.29, 0.717) is 38.8 Å². The van der Waals surface area contributed by atoms with Crippen molar-refractivity contribution in [3.63, 3.8) is 0 Å². The van der Waals surface area contributed by atoms with Crippen molar-refractivity contribution in [2.24, 2.45) is 10.8 Å². The number of carbonyl (C=O) groups is 3. The molecule has 25 heavy (non-hydrogen) atoms. The Bertz CT molecular complexity index is 735. The van der Waals surface area contributed by atoms with Crippen LogP contribution in [0.1, 0.15) is 36.8 Å². The van der Waals surface area contributed by atoms with E-state index in [1.165, 1.54) is 5.56 Å². The number of benzene rings is 1. The van der Waals surface area contributed by atoms with E-state index >= 15 is 0 Å². The summed E-state index contributed by atoms with van der Waals surface area (Å²) in [6.07, 6.45) is 1.84. The highest BCUT2D eigenvalue weighted by molar-refractivity contribution is 5.96. The second kappa shape index (κ2) is 5.31. The fraction of sp³-hybridized carbons (Fsp3) is 0.526. The largest absolute Gasteiger partial charge is 0.481 e. The summed E-state index contributed by atoms with van der Waals surface area (Å²) < 4.78 is 0. The molecule has 6 heteroatoms. The molecule has 3 aliphatic carbocycles. The molecule has 0 radical (unpaired) electrons. The Hall–Kier alpha value is -2.37. The van der Waals surface area contributed by atoms with Crippen LogP contribution in [0.2, 0.25) is 0 Å². The number of nitrogens with one attached hydrogen (secondary N) is 1. The van der Waals surface area contributed by atoms with Gasteiger partial charge in [0.2, 0.25) is 11.8 Å². The van der Waals surface area contributed by atoms with Gasteiger partial charge < -0.3 is 15.3 Å². The number of hydrogen-bond acceptors (Lipinski definition) is 3. The zero-order valence-corrected chi connectivity index (χ0v) is 14.2. The first-order valence-electron chi connectivity index (χ1n) is 8.72. The Labute approximate surface area is 146 Å². The molecule has 1 aromatic carbocycles. The molecule has 0 spiro atoms. The molecule has 1 unspecified atom stereocenters. The smallest absolute Gasteiger partial charge is 0.309 e. The molecular formula is C19H22N2O4. The lowest BCUT2D eigenvalue weighted by Gasteiger charge is -2.66. The molecule has 2 amide bonds. The maximum atomic E-state index is 12.5. The number of aliphatic carboxylic acids is 1. The van der Waals surface area contributed by atoms with Gasteiger partial charge in [-0.3, -0.25) is 14.4 Å². The molecule has 4 fully saturated rings. The molecule has 3 saturated carbocycles. The second-order valence-corrected chi connectivity index (χ2v) is 7.96. The van der Waals surface area contributed by atoms with Crippen LogP contribution in [0.3, 0.4) is 0 Å². The van der Waals surface area contributed by atoms with Crippen LogP contribution in [0, 0.1) is 17.8 Å². The summed E-state index contributed by atoms with van der Waals surface area (Å²) in [6.45, 7) is 3.21. The van der Waals surface area contributed by atoms with Crippen molar-refractivity contribution in [1.82, 2.24) is 10.2 Å². The molecule has 1 aromatic rings. The molecule has 2 N–H and O–H groups in total. The first kappa shape index (κ1) is 16.1. The van der Waals surface area contributed by atoms with Crippen molar-refractivity contribution in [3.05, 3.63) is 35.4 Å². The number of nitrogens with zero attached hydrogens (tertiary/aromatic N) is 1. The zero-order chi connectivity index (χ0) is 17.8. The van der Waals surface area contributed by atoms with Gasteiger partial charge in [0.05, 0.1) is 10.8 Å². The van der Waals surface area contributed by atoms with Crippen LogP contribution in [0.4, 0.5) is 0 Å². The van der Waals surface area contributed by atoms with Crippen LogP contribution in [0.15, 0.2) is 24.3 Å². The third kappa shape index (κ3) is 2.42. The average Bonchev–Trinajstić information content (AvgIpc) is 2.79. The van der Waals surface area contributed by atoms with Crippen LogP contribution >= 0.6 is 0 Å². The lowest BCUT2D eigenvalue weighted by atomic mass is 9.35. The summed E-state index contributed by atoms with van der Waals surface area (Å²) >= 11 is 0. The number of aryl methyl sites for hydroxylation is 1. The number of rotatable bonds is 5. The number of amides is 2. The number of carboxylic acid groups (broad SMARTS) is 1. The molecule has 5 rings (SSSR count). The van der Waals surface area contributed by atoms with Crippen LogP contribution in [-0.4, -0.2) is 40.4 Å². The van der Waals surface area contributed by atoms with E-state index in [-0.39, 0.29) is 11.8 Å². The van der Waals surface area contributed by atoms with E-state index in [1.807, 2.05) is 31.2 Å². The monoisotopic (exact) mass is 342 g/mol. The van der Waals surface area contributed by atoms with Crippen LogP contribution in [0.25, 0.3) is 0 Å². The minimum atomic E-state index is -0.802. The van der Waals surface area contributed by atoms with Crippen molar-refractivity contribution < 1.29 is 19.5 Å². The van der Waals surface area contributed by atoms with E-state index in [4.69, 9.17) is 5.11 Å². The van der Waals surface area contributed by atoms with Gasteiger partial charge in [-0.25, -0.2) is 0 Å². The molecule has 4 aliphatic rings. The maximum Gasteiger partial charge on any atom is 0.309 e. The Kier molecular flexibility index (Phi) is 3.42. The molecular weight excluding hydrogens is 320 g/mol. The summed E-state index contributed by atoms with van der Waals surface area (Å²) in [7, 11) is 0. The summed E-state index contributed by atoms with van der Waals surface area (Å²) in [4.78, 5) is 37.9. The van der Waals surface area contributed by atoms with E-state index in [1.54, 1.807) is 4.90 Å². The predicted octanol–water partition coefficient (Wildman–Crippen LogP) is 1.47. The van der Waals surface area contributed by atoms with E-state index in [2.05, 4.69) is 5.32 Å². The van der Waals surface area contributed by atoms with Crippen molar-refractivity contribution in [2.75, 3.05) is 6.54 Å². The molecule has 1 aliphatic heterocycles. The highest BCUT2D eigenvalue weighted by Crippen LogP contribution is 2.73. The summed E-state index contributed by atoms with van der Waals surface area (Å²) in [5, 5.41) is 12.0. The van der Waals surface area contributed by atoms with Gasteiger partial charge >= 0.3 is 5.97 Å². The van der Waals surface area contributed by atoms with Gasteiger partial charge in [0, 0.05) is 13.1 Å². The van der Waals surface area contributed by atoms with Crippen molar-refractivity contribution >= 4 is 17.8 Å². The Morgan fingerprint density at radius 1 is 1.20 bits per heavy atom.